The van der Waals surface area contributed by atoms with E-state index in [0.29, 0.717) is 6.04 Å². The lowest BCUT2D eigenvalue weighted by atomic mass is 10.1. The van der Waals surface area contributed by atoms with Gasteiger partial charge in [0.05, 0.1) is 12.6 Å². The standard InChI is InChI=1S/C13H22N4O/c1-3-5-11-16-12(14-2)8-13(17-11)15-10-6-4-7-18-9-10/h8,10H,3-7,9H2,1-2H3,(H2,14,15,16,17). The average molecular weight is 250 g/mol. The monoisotopic (exact) mass is 250 g/mol. The maximum Gasteiger partial charge on any atom is 0.133 e. The van der Waals surface area contributed by atoms with E-state index in [2.05, 4.69) is 27.5 Å². The Labute approximate surface area is 108 Å². The van der Waals surface area contributed by atoms with Gasteiger partial charge in [-0.25, -0.2) is 9.97 Å². The molecular weight excluding hydrogens is 228 g/mol. The molecule has 2 N–H and O–H groups in total. The minimum Gasteiger partial charge on any atom is -0.379 e. The summed E-state index contributed by atoms with van der Waals surface area (Å²) in [5.41, 5.74) is 0. The number of aromatic nitrogens is 2. The third-order valence-corrected chi connectivity index (χ3v) is 3.01. The summed E-state index contributed by atoms with van der Waals surface area (Å²) in [6.07, 6.45) is 4.22. The summed E-state index contributed by atoms with van der Waals surface area (Å²) in [6.45, 7) is 3.78. The second-order valence-corrected chi connectivity index (χ2v) is 4.61. The fourth-order valence-electron chi connectivity index (χ4n) is 2.10. The molecule has 0 saturated carbocycles. The Kier molecular flexibility index (Phi) is 4.75. The van der Waals surface area contributed by atoms with Gasteiger partial charge in [0.1, 0.15) is 17.5 Å². The Morgan fingerprint density at radius 3 is 2.89 bits per heavy atom. The van der Waals surface area contributed by atoms with Crippen LogP contribution < -0.4 is 10.6 Å². The van der Waals surface area contributed by atoms with E-state index in [0.717, 1.165) is 56.4 Å². The summed E-state index contributed by atoms with van der Waals surface area (Å²) in [4.78, 5) is 8.99. The molecule has 0 bridgehead atoms. The molecule has 0 aromatic carbocycles. The largest absolute Gasteiger partial charge is 0.379 e. The Hall–Kier alpha value is -1.36. The topological polar surface area (TPSA) is 59.1 Å². The molecule has 1 saturated heterocycles. The van der Waals surface area contributed by atoms with Crippen molar-refractivity contribution in [1.29, 1.82) is 0 Å². The van der Waals surface area contributed by atoms with Gasteiger partial charge < -0.3 is 15.4 Å². The van der Waals surface area contributed by atoms with Gasteiger partial charge in [-0.2, -0.15) is 0 Å². The summed E-state index contributed by atoms with van der Waals surface area (Å²) >= 11 is 0. The third-order valence-electron chi connectivity index (χ3n) is 3.01. The lowest BCUT2D eigenvalue weighted by Crippen LogP contribution is -2.30. The molecule has 100 valence electrons. The lowest BCUT2D eigenvalue weighted by molar-refractivity contribution is 0.0875. The maximum absolute atomic E-state index is 5.47. The van der Waals surface area contributed by atoms with Crippen molar-refractivity contribution in [2.75, 3.05) is 30.9 Å². The number of nitrogens with zero attached hydrogens (tertiary/aromatic N) is 2. The molecule has 5 nitrogen and oxygen atoms in total. The van der Waals surface area contributed by atoms with Gasteiger partial charge >= 0.3 is 0 Å². The van der Waals surface area contributed by atoms with Crippen LogP contribution in [-0.4, -0.2) is 36.3 Å². The number of ether oxygens (including phenoxy) is 1. The smallest absolute Gasteiger partial charge is 0.133 e. The minimum atomic E-state index is 0.368. The van der Waals surface area contributed by atoms with E-state index >= 15 is 0 Å². The van der Waals surface area contributed by atoms with Crippen molar-refractivity contribution in [2.45, 2.75) is 38.6 Å². The highest BCUT2D eigenvalue weighted by Crippen LogP contribution is 2.16. The highest BCUT2D eigenvalue weighted by Gasteiger charge is 2.14. The van der Waals surface area contributed by atoms with Crippen molar-refractivity contribution in [3.63, 3.8) is 0 Å². The molecule has 1 aromatic heterocycles. The number of aryl methyl sites for hydroxylation is 1. The van der Waals surface area contributed by atoms with Gasteiger partial charge in [-0.05, 0) is 19.3 Å². The second kappa shape index (κ2) is 6.54. The van der Waals surface area contributed by atoms with E-state index in [-0.39, 0.29) is 0 Å². The first-order chi connectivity index (χ1) is 8.81. The van der Waals surface area contributed by atoms with Crippen LogP contribution in [-0.2, 0) is 11.2 Å². The minimum absolute atomic E-state index is 0.368. The Morgan fingerprint density at radius 1 is 1.39 bits per heavy atom. The SMILES string of the molecule is CCCc1nc(NC)cc(NC2CCCOC2)n1. The molecule has 1 unspecified atom stereocenters. The van der Waals surface area contributed by atoms with E-state index < -0.39 is 0 Å². The molecule has 0 spiro atoms. The van der Waals surface area contributed by atoms with Crippen LogP contribution in [0.3, 0.4) is 0 Å². The normalized spacial score (nSPS) is 19.6. The number of anilines is 2. The van der Waals surface area contributed by atoms with Crippen LogP contribution in [0.1, 0.15) is 32.0 Å². The summed E-state index contributed by atoms with van der Waals surface area (Å²) < 4.78 is 5.47. The predicted molar refractivity (Wildman–Crippen MR) is 73.0 cm³/mol. The van der Waals surface area contributed by atoms with E-state index in [9.17, 15) is 0 Å². The van der Waals surface area contributed by atoms with Gasteiger partial charge in [-0.3, -0.25) is 0 Å². The van der Waals surface area contributed by atoms with Gasteiger partial charge in [-0.1, -0.05) is 6.92 Å². The van der Waals surface area contributed by atoms with E-state index in [1.807, 2.05) is 13.1 Å². The average Bonchev–Trinajstić information content (AvgIpc) is 2.40. The quantitative estimate of drug-likeness (QED) is 0.837. The lowest BCUT2D eigenvalue weighted by Gasteiger charge is -2.23. The van der Waals surface area contributed by atoms with Crippen LogP contribution >= 0.6 is 0 Å². The van der Waals surface area contributed by atoms with Crippen molar-refractivity contribution in [1.82, 2.24) is 9.97 Å². The Balaban J connectivity index is 2.07. The summed E-state index contributed by atoms with van der Waals surface area (Å²) in [5, 5.41) is 6.52. The highest BCUT2D eigenvalue weighted by atomic mass is 16.5. The van der Waals surface area contributed by atoms with Crippen molar-refractivity contribution < 1.29 is 4.74 Å². The molecule has 1 aromatic rings. The zero-order valence-corrected chi connectivity index (χ0v) is 11.2. The van der Waals surface area contributed by atoms with Crippen LogP contribution in [0, 0.1) is 0 Å². The molecule has 1 atom stereocenters. The van der Waals surface area contributed by atoms with Crippen molar-refractivity contribution in [2.24, 2.45) is 0 Å². The molecule has 0 aliphatic carbocycles. The molecule has 2 heterocycles. The van der Waals surface area contributed by atoms with Crippen LogP contribution in [0.25, 0.3) is 0 Å². The highest BCUT2D eigenvalue weighted by molar-refractivity contribution is 5.47. The Bertz CT molecular complexity index is 377. The van der Waals surface area contributed by atoms with Crippen LogP contribution in [0.4, 0.5) is 11.6 Å². The van der Waals surface area contributed by atoms with Gasteiger partial charge in [0.15, 0.2) is 0 Å². The number of hydrogen-bond donors (Lipinski definition) is 2. The predicted octanol–water partition coefficient (Wildman–Crippen LogP) is 2.06. The maximum atomic E-state index is 5.47. The van der Waals surface area contributed by atoms with Crippen molar-refractivity contribution >= 4 is 11.6 Å². The first-order valence-corrected chi connectivity index (χ1v) is 6.71. The zero-order chi connectivity index (χ0) is 12.8. The third kappa shape index (κ3) is 3.57. The summed E-state index contributed by atoms with van der Waals surface area (Å²) in [7, 11) is 1.88. The number of rotatable bonds is 5. The summed E-state index contributed by atoms with van der Waals surface area (Å²) in [5.74, 6) is 2.66. The molecular formula is C13H22N4O. The van der Waals surface area contributed by atoms with Gasteiger partial charge in [0, 0.05) is 26.1 Å². The number of hydrogen-bond acceptors (Lipinski definition) is 5. The second-order valence-electron chi connectivity index (χ2n) is 4.61. The molecule has 0 amide bonds. The van der Waals surface area contributed by atoms with Crippen LogP contribution in [0.15, 0.2) is 6.07 Å². The Morgan fingerprint density at radius 2 is 2.22 bits per heavy atom. The molecule has 2 rings (SSSR count). The van der Waals surface area contributed by atoms with E-state index in [1.165, 1.54) is 0 Å². The van der Waals surface area contributed by atoms with E-state index in [4.69, 9.17) is 4.74 Å². The molecule has 1 aliphatic heterocycles. The molecule has 5 heteroatoms. The molecule has 0 radical (unpaired) electrons. The van der Waals surface area contributed by atoms with Gasteiger partial charge in [-0.15, -0.1) is 0 Å². The molecule has 1 fully saturated rings. The first-order valence-electron chi connectivity index (χ1n) is 6.71. The molecule has 18 heavy (non-hydrogen) atoms. The fraction of sp³-hybridized carbons (Fsp3) is 0.692. The fourth-order valence-corrected chi connectivity index (χ4v) is 2.10. The first kappa shape index (κ1) is 13.1. The van der Waals surface area contributed by atoms with E-state index in [1.54, 1.807) is 0 Å². The van der Waals surface area contributed by atoms with Crippen LogP contribution in [0.2, 0.25) is 0 Å². The van der Waals surface area contributed by atoms with Crippen molar-refractivity contribution in [3.8, 4) is 0 Å². The molecule has 1 aliphatic rings. The van der Waals surface area contributed by atoms with Gasteiger partial charge in [0.2, 0.25) is 0 Å². The number of nitrogens with one attached hydrogen (secondary N) is 2. The zero-order valence-electron chi connectivity index (χ0n) is 11.2. The summed E-state index contributed by atoms with van der Waals surface area (Å²) in [6, 6.07) is 2.32. The van der Waals surface area contributed by atoms with Crippen LogP contribution in [0.5, 0.6) is 0 Å². The van der Waals surface area contributed by atoms with Gasteiger partial charge in [0.25, 0.3) is 0 Å². The van der Waals surface area contributed by atoms with Crippen molar-refractivity contribution in [3.05, 3.63) is 11.9 Å².